The highest BCUT2D eigenvalue weighted by atomic mass is 16.4. The lowest BCUT2D eigenvalue weighted by Gasteiger charge is -2.38. The highest BCUT2D eigenvalue weighted by Crippen LogP contribution is 2.35. The van der Waals surface area contributed by atoms with Gasteiger partial charge in [-0.1, -0.05) is 26.2 Å². The van der Waals surface area contributed by atoms with Gasteiger partial charge in [-0.25, -0.2) is 4.79 Å². The Hall–Kier alpha value is -1.26. The second-order valence-corrected chi connectivity index (χ2v) is 6.62. The summed E-state index contributed by atoms with van der Waals surface area (Å²) in [6.45, 7) is 3.80. The van der Waals surface area contributed by atoms with Gasteiger partial charge < -0.3 is 15.3 Å². The van der Waals surface area contributed by atoms with Crippen LogP contribution in [-0.2, 0) is 4.79 Å². The van der Waals surface area contributed by atoms with Crippen molar-refractivity contribution in [2.45, 2.75) is 58.3 Å². The van der Waals surface area contributed by atoms with Crippen molar-refractivity contribution in [2.24, 2.45) is 11.3 Å². The zero-order valence-corrected chi connectivity index (χ0v) is 13.1. The number of amides is 2. The average molecular weight is 296 g/mol. The van der Waals surface area contributed by atoms with Crippen LogP contribution in [0.2, 0.25) is 0 Å². The third-order valence-electron chi connectivity index (χ3n) is 5.40. The highest BCUT2D eigenvalue weighted by molar-refractivity contribution is 5.77. The minimum absolute atomic E-state index is 0.0179. The molecule has 1 saturated heterocycles. The number of carboxylic acids is 1. The standard InChI is InChI=1S/C16H28N2O3/c1-2-16(14(19)20)8-10-18(11-9-16)15(21)17-12-13-6-4-3-5-7-13/h13H,2-12H2,1H3,(H,17,21)(H,19,20). The summed E-state index contributed by atoms with van der Waals surface area (Å²) < 4.78 is 0. The van der Waals surface area contributed by atoms with Gasteiger partial charge in [0.25, 0.3) is 0 Å². The van der Waals surface area contributed by atoms with E-state index in [0.29, 0.717) is 38.3 Å². The zero-order valence-electron chi connectivity index (χ0n) is 13.1. The van der Waals surface area contributed by atoms with E-state index < -0.39 is 11.4 Å². The van der Waals surface area contributed by atoms with Crippen LogP contribution in [0.1, 0.15) is 58.3 Å². The quantitative estimate of drug-likeness (QED) is 0.838. The van der Waals surface area contributed by atoms with Crippen LogP contribution in [0.15, 0.2) is 0 Å². The summed E-state index contributed by atoms with van der Waals surface area (Å²) in [5, 5.41) is 12.4. The van der Waals surface area contributed by atoms with Gasteiger partial charge in [-0.15, -0.1) is 0 Å². The Balaban J connectivity index is 1.76. The van der Waals surface area contributed by atoms with Gasteiger partial charge in [0, 0.05) is 19.6 Å². The molecule has 0 aromatic rings. The fourth-order valence-corrected chi connectivity index (χ4v) is 3.59. The first kappa shape index (κ1) is 16.1. The van der Waals surface area contributed by atoms with Gasteiger partial charge >= 0.3 is 12.0 Å². The van der Waals surface area contributed by atoms with Crippen molar-refractivity contribution in [1.82, 2.24) is 10.2 Å². The molecule has 0 spiro atoms. The maximum absolute atomic E-state index is 12.2. The molecule has 2 aliphatic rings. The monoisotopic (exact) mass is 296 g/mol. The fourth-order valence-electron chi connectivity index (χ4n) is 3.59. The Labute approximate surface area is 127 Å². The smallest absolute Gasteiger partial charge is 0.317 e. The van der Waals surface area contributed by atoms with Crippen LogP contribution in [0, 0.1) is 11.3 Å². The van der Waals surface area contributed by atoms with Gasteiger partial charge in [0.1, 0.15) is 0 Å². The molecule has 0 radical (unpaired) electrons. The number of likely N-dealkylation sites (tertiary alicyclic amines) is 1. The number of hydrogen-bond acceptors (Lipinski definition) is 2. The number of nitrogens with one attached hydrogen (secondary N) is 1. The van der Waals surface area contributed by atoms with E-state index in [9.17, 15) is 14.7 Å². The van der Waals surface area contributed by atoms with Crippen LogP contribution in [0.4, 0.5) is 4.79 Å². The van der Waals surface area contributed by atoms with Crippen LogP contribution in [-0.4, -0.2) is 41.6 Å². The molecule has 1 aliphatic carbocycles. The number of hydrogen-bond donors (Lipinski definition) is 2. The first-order valence-corrected chi connectivity index (χ1v) is 8.33. The van der Waals surface area contributed by atoms with Crippen LogP contribution in [0.5, 0.6) is 0 Å². The summed E-state index contributed by atoms with van der Waals surface area (Å²) in [6, 6.07) is -0.0179. The van der Waals surface area contributed by atoms with Crippen molar-refractivity contribution in [3.63, 3.8) is 0 Å². The molecule has 2 N–H and O–H groups in total. The van der Waals surface area contributed by atoms with E-state index in [-0.39, 0.29) is 6.03 Å². The third-order valence-corrected chi connectivity index (χ3v) is 5.40. The molecule has 2 amide bonds. The maximum Gasteiger partial charge on any atom is 0.317 e. The molecule has 0 atom stereocenters. The van der Waals surface area contributed by atoms with Crippen LogP contribution >= 0.6 is 0 Å². The van der Waals surface area contributed by atoms with Crippen molar-refractivity contribution in [2.75, 3.05) is 19.6 Å². The molecule has 0 aromatic carbocycles. The lowest BCUT2D eigenvalue weighted by Crippen LogP contribution is -2.50. The molecule has 5 nitrogen and oxygen atoms in total. The molecule has 1 aliphatic heterocycles. The topological polar surface area (TPSA) is 69.6 Å². The number of rotatable bonds is 4. The summed E-state index contributed by atoms with van der Waals surface area (Å²) in [7, 11) is 0. The van der Waals surface area contributed by atoms with Crippen molar-refractivity contribution in [3.8, 4) is 0 Å². The highest BCUT2D eigenvalue weighted by Gasteiger charge is 2.40. The van der Waals surface area contributed by atoms with Gasteiger partial charge in [-0.3, -0.25) is 4.79 Å². The Morgan fingerprint density at radius 3 is 2.33 bits per heavy atom. The van der Waals surface area contributed by atoms with E-state index >= 15 is 0 Å². The molecule has 21 heavy (non-hydrogen) atoms. The molecule has 0 unspecified atom stereocenters. The number of nitrogens with zero attached hydrogens (tertiary/aromatic N) is 1. The number of aliphatic carboxylic acids is 1. The Morgan fingerprint density at radius 2 is 1.81 bits per heavy atom. The molecule has 5 heteroatoms. The summed E-state index contributed by atoms with van der Waals surface area (Å²) >= 11 is 0. The Bertz CT molecular complexity index is 370. The molecule has 1 heterocycles. The molecule has 0 bridgehead atoms. The molecule has 2 rings (SSSR count). The van der Waals surface area contributed by atoms with E-state index in [2.05, 4.69) is 5.32 Å². The maximum atomic E-state index is 12.2. The second kappa shape index (κ2) is 7.14. The molecular weight excluding hydrogens is 268 g/mol. The summed E-state index contributed by atoms with van der Waals surface area (Å²) in [6.07, 6.45) is 8.09. The van der Waals surface area contributed by atoms with Crippen LogP contribution in [0.3, 0.4) is 0 Å². The Kier molecular flexibility index (Phi) is 5.48. The number of carbonyl (C=O) groups excluding carboxylic acids is 1. The summed E-state index contributed by atoms with van der Waals surface area (Å²) in [5.41, 5.74) is -0.625. The molecule has 0 aromatic heterocycles. The lowest BCUT2D eigenvalue weighted by atomic mass is 9.76. The molecular formula is C16H28N2O3. The van der Waals surface area contributed by atoms with E-state index in [1.165, 1.54) is 32.1 Å². The first-order chi connectivity index (χ1) is 10.1. The first-order valence-electron chi connectivity index (χ1n) is 8.33. The van der Waals surface area contributed by atoms with Gasteiger partial charge in [-0.2, -0.15) is 0 Å². The number of piperidine rings is 1. The van der Waals surface area contributed by atoms with E-state index in [1.54, 1.807) is 4.90 Å². The van der Waals surface area contributed by atoms with Crippen molar-refractivity contribution < 1.29 is 14.7 Å². The van der Waals surface area contributed by atoms with E-state index in [0.717, 1.165) is 6.54 Å². The largest absolute Gasteiger partial charge is 0.481 e. The van der Waals surface area contributed by atoms with Crippen LogP contribution in [0.25, 0.3) is 0 Å². The number of urea groups is 1. The summed E-state index contributed by atoms with van der Waals surface area (Å²) in [5.74, 6) is -0.0893. The van der Waals surface area contributed by atoms with Gasteiger partial charge in [0.05, 0.1) is 5.41 Å². The fraction of sp³-hybridized carbons (Fsp3) is 0.875. The SMILES string of the molecule is CCC1(C(=O)O)CCN(C(=O)NCC2CCCCC2)CC1. The molecule has 1 saturated carbocycles. The number of carboxylic acid groups (broad SMARTS) is 1. The second-order valence-electron chi connectivity index (χ2n) is 6.62. The van der Waals surface area contributed by atoms with Crippen LogP contribution < -0.4 is 5.32 Å². The number of carbonyl (C=O) groups is 2. The van der Waals surface area contributed by atoms with Crippen molar-refractivity contribution in [3.05, 3.63) is 0 Å². The Morgan fingerprint density at radius 1 is 1.19 bits per heavy atom. The predicted molar refractivity (Wildman–Crippen MR) is 81.1 cm³/mol. The molecule has 120 valence electrons. The van der Waals surface area contributed by atoms with Gasteiger partial charge in [0.15, 0.2) is 0 Å². The van der Waals surface area contributed by atoms with Gasteiger partial charge in [-0.05, 0) is 38.0 Å². The predicted octanol–water partition coefficient (Wildman–Crippen LogP) is 2.85. The third kappa shape index (κ3) is 3.89. The van der Waals surface area contributed by atoms with Crippen molar-refractivity contribution >= 4 is 12.0 Å². The van der Waals surface area contributed by atoms with Crippen molar-refractivity contribution in [1.29, 1.82) is 0 Å². The minimum atomic E-state index is -0.715. The minimum Gasteiger partial charge on any atom is -0.481 e. The van der Waals surface area contributed by atoms with Gasteiger partial charge in [0.2, 0.25) is 0 Å². The average Bonchev–Trinajstić information content (AvgIpc) is 2.53. The zero-order chi connectivity index (χ0) is 15.3. The molecule has 2 fully saturated rings. The lowest BCUT2D eigenvalue weighted by molar-refractivity contribution is -0.151. The van der Waals surface area contributed by atoms with E-state index in [1.807, 2.05) is 6.92 Å². The summed E-state index contributed by atoms with van der Waals surface area (Å²) in [4.78, 5) is 25.4. The van der Waals surface area contributed by atoms with E-state index in [4.69, 9.17) is 0 Å². The normalized spacial score (nSPS) is 22.8.